The van der Waals surface area contributed by atoms with Crippen molar-refractivity contribution < 1.29 is 24.4 Å². The third kappa shape index (κ3) is 24.5. The highest BCUT2D eigenvalue weighted by Gasteiger charge is 1.88. The van der Waals surface area contributed by atoms with Crippen molar-refractivity contribution in [1.29, 1.82) is 0 Å². The van der Waals surface area contributed by atoms with Gasteiger partial charge in [0.25, 0.3) is 0 Å². The van der Waals surface area contributed by atoms with Gasteiger partial charge < -0.3 is 24.4 Å². The molecule has 0 aliphatic heterocycles. The van der Waals surface area contributed by atoms with Gasteiger partial charge in [-0.15, -0.1) is 0 Å². The maximum Gasteiger partial charge on any atom is 0.154 e. The molecule has 0 radical (unpaired) electrons. The summed E-state index contributed by atoms with van der Waals surface area (Å²) < 4.78 is 13.6. The van der Waals surface area contributed by atoms with Crippen LogP contribution >= 0.6 is 0 Å². The molecule has 82 valence electrons. The van der Waals surface area contributed by atoms with Gasteiger partial charge in [0.15, 0.2) is 6.29 Å². The number of methoxy groups -OCH3 is 2. The second-order valence-electron chi connectivity index (χ2n) is 2.24. The number of ether oxygens (including phenoxy) is 3. The SMILES string of the molecule is COCCCO.COCOC(C)O. The van der Waals surface area contributed by atoms with E-state index in [2.05, 4.69) is 14.2 Å². The summed E-state index contributed by atoms with van der Waals surface area (Å²) in [4.78, 5) is 0. The van der Waals surface area contributed by atoms with Crippen LogP contribution in [0.4, 0.5) is 0 Å². The fourth-order valence-electron chi connectivity index (χ4n) is 0.375. The summed E-state index contributed by atoms with van der Waals surface area (Å²) in [5.41, 5.74) is 0. The Morgan fingerprint density at radius 2 is 1.85 bits per heavy atom. The standard InChI is InChI=1S/C4H10O3.C4H10O2/c1-4(5)7-3-6-2;1-6-4-2-3-5/h4-5H,3H2,1-2H3;5H,2-4H2,1H3. The van der Waals surface area contributed by atoms with E-state index < -0.39 is 6.29 Å². The Kier molecular flexibility index (Phi) is 16.8. The van der Waals surface area contributed by atoms with Crippen LogP contribution in [0.15, 0.2) is 0 Å². The largest absolute Gasteiger partial charge is 0.396 e. The zero-order valence-corrected chi connectivity index (χ0v) is 8.52. The average Bonchev–Trinajstić information content (AvgIpc) is 2.12. The molecule has 5 heteroatoms. The molecule has 0 rings (SSSR count). The van der Waals surface area contributed by atoms with E-state index in [1.54, 1.807) is 7.11 Å². The highest BCUT2D eigenvalue weighted by Crippen LogP contribution is 1.80. The smallest absolute Gasteiger partial charge is 0.154 e. The minimum Gasteiger partial charge on any atom is -0.396 e. The molecule has 0 aromatic carbocycles. The molecule has 0 bridgehead atoms. The van der Waals surface area contributed by atoms with Crippen LogP contribution in [0.25, 0.3) is 0 Å². The first kappa shape index (κ1) is 15.3. The molecule has 0 fully saturated rings. The molecule has 0 heterocycles. The van der Waals surface area contributed by atoms with Crippen molar-refractivity contribution in [2.45, 2.75) is 19.6 Å². The van der Waals surface area contributed by atoms with Crippen LogP contribution in [0.5, 0.6) is 0 Å². The van der Waals surface area contributed by atoms with E-state index in [1.165, 1.54) is 14.0 Å². The van der Waals surface area contributed by atoms with E-state index in [1.807, 2.05) is 0 Å². The lowest BCUT2D eigenvalue weighted by Crippen LogP contribution is -2.07. The summed E-state index contributed by atoms with van der Waals surface area (Å²) in [6, 6.07) is 0. The summed E-state index contributed by atoms with van der Waals surface area (Å²) in [5, 5.41) is 16.5. The summed E-state index contributed by atoms with van der Waals surface area (Å²) in [6.07, 6.45) is 0.0243. The zero-order chi connectivity index (χ0) is 10.5. The normalized spacial score (nSPS) is 11.8. The fourth-order valence-corrected chi connectivity index (χ4v) is 0.375. The molecule has 1 atom stereocenters. The molecule has 0 saturated carbocycles. The van der Waals surface area contributed by atoms with E-state index in [-0.39, 0.29) is 13.4 Å². The number of aliphatic hydroxyl groups excluding tert-OH is 2. The van der Waals surface area contributed by atoms with Crippen molar-refractivity contribution in [2.24, 2.45) is 0 Å². The van der Waals surface area contributed by atoms with Crippen molar-refractivity contribution in [3.05, 3.63) is 0 Å². The van der Waals surface area contributed by atoms with Gasteiger partial charge in [0, 0.05) is 27.4 Å². The minimum atomic E-state index is -0.722. The Morgan fingerprint density at radius 1 is 1.23 bits per heavy atom. The van der Waals surface area contributed by atoms with Crippen LogP contribution in [-0.2, 0) is 14.2 Å². The van der Waals surface area contributed by atoms with Gasteiger partial charge in [-0.05, 0) is 13.3 Å². The van der Waals surface area contributed by atoms with Crippen molar-refractivity contribution in [3.8, 4) is 0 Å². The second kappa shape index (κ2) is 14.3. The number of hydrogen-bond donors (Lipinski definition) is 2. The van der Waals surface area contributed by atoms with Gasteiger partial charge in [0.05, 0.1) is 0 Å². The minimum absolute atomic E-state index is 0.150. The lowest BCUT2D eigenvalue weighted by atomic mass is 10.5. The number of aliphatic hydroxyl groups is 2. The predicted octanol–water partition coefficient (Wildman–Crippen LogP) is -0.0396. The lowest BCUT2D eigenvalue weighted by Gasteiger charge is -2.02. The maximum absolute atomic E-state index is 8.38. The van der Waals surface area contributed by atoms with Gasteiger partial charge in [-0.25, -0.2) is 0 Å². The molecule has 5 nitrogen and oxygen atoms in total. The fraction of sp³-hybridized carbons (Fsp3) is 1.00. The Morgan fingerprint density at radius 3 is 2.00 bits per heavy atom. The van der Waals surface area contributed by atoms with Crippen LogP contribution in [0.2, 0.25) is 0 Å². The van der Waals surface area contributed by atoms with Gasteiger partial charge >= 0.3 is 0 Å². The van der Waals surface area contributed by atoms with Gasteiger partial charge in [-0.1, -0.05) is 0 Å². The molecule has 0 aliphatic rings. The third-order valence-electron chi connectivity index (χ3n) is 0.934. The molecule has 13 heavy (non-hydrogen) atoms. The lowest BCUT2D eigenvalue weighted by molar-refractivity contribution is -0.150. The van der Waals surface area contributed by atoms with Gasteiger partial charge in [-0.3, -0.25) is 0 Å². The maximum atomic E-state index is 8.38. The summed E-state index contributed by atoms with van der Waals surface area (Å²) in [6.45, 7) is 2.57. The Bertz CT molecular complexity index is 72.9. The monoisotopic (exact) mass is 196 g/mol. The third-order valence-corrected chi connectivity index (χ3v) is 0.934. The average molecular weight is 196 g/mol. The van der Waals surface area contributed by atoms with Crippen LogP contribution in [0, 0.1) is 0 Å². The van der Waals surface area contributed by atoms with Crippen molar-refractivity contribution in [1.82, 2.24) is 0 Å². The van der Waals surface area contributed by atoms with E-state index in [4.69, 9.17) is 10.2 Å². The Labute approximate surface area is 79.2 Å². The van der Waals surface area contributed by atoms with Gasteiger partial charge in [0.2, 0.25) is 0 Å². The summed E-state index contributed by atoms with van der Waals surface area (Å²) in [7, 11) is 3.12. The highest BCUT2D eigenvalue weighted by molar-refractivity contribution is 4.25. The summed E-state index contributed by atoms with van der Waals surface area (Å²) in [5.74, 6) is 0. The van der Waals surface area contributed by atoms with Crippen molar-refractivity contribution in [3.63, 3.8) is 0 Å². The molecule has 1 unspecified atom stereocenters. The molecule has 0 saturated heterocycles. The topological polar surface area (TPSA) is 68.2 Å². The first-order valence-electron chi connectivity index (χ1n) is 4.07. The highest BCUT2D eigenvalue weighted by atomic mass is 16.7. The van der Waals surface area contributed by atoms with Gasteiger partial charge in [-0.2, -0.15) is 0 Å². The van der Waals surface area contributed by atoms with Crippen LogP contribution in [0.1, 0.15) is 13.3 Å². The Balaban J connectivity index is 0. The molecular weight excluding hydrogens is 176 g/mol. The zero-order valence-electron chi connectivity index (χ0n) is 8.52. The molecular formula is C8H20O5. The molecule has 0 aliphatic carbocycles. The first-order chi connectivity index (χ1) is 6.18. The first-order valence-corrected chi connectivity index (χ1v) is 4.07. The van der Waals surface area contributed by atoms with Crippen LogP contribution in [0.3, 0.4) is 0 Å². The van der Waals surface area contributed by atoms with E-state index in [9.17, 15) is 0 Å². The molecule has 0 aromatic rings. The number of hydrogen-bond acceptors (Lipinski definition) is 5. The quantitative estimate of drug-likeness (QED) is 0.461. The van der Waals surface area contributed by atoms with Gasteiger partial charge in [0.1, 0.15) is 6.79 Å². The second-order valence-corrected chi connectivity index (χ2v) is 2.24. The van der Waals surface area contributed by atoms with Crippen molar-refractivity contribution in [2.75, 3.05) is 34.2 Å². The molecule has 0 amide bonds. The van der Waals surface area contributed by atoms with E-state index >= 15 is 0 Å². The van der Waals surface area contributed by atoms with Crippen LogP contribution < -0.4 is 0 Å². The van der Waals surface area contributed by atoms with E-state index in [0.29, 0.717) is 6.61 Å². The van der Waals surface area contributed by atoms with E-state index in [0.717, 1.165) is 6.42 Å². The predicted molar refractivity (Wildman–Crippen MR) is 48.2 cm³/mol. The van der Waals surface area contributed by atoms with Crippen molar-refractivity contribution >= 4 is 0 Å². The molecule has 0 aromatic heterocycles. The molecule has 0 spiro atoms. The molecule has 2 N–H and O–H groups in total. The van der Waals surface area contributed by atoms with Crippen LogP contribution in [-0.4, -0.2) is 50.7 Å². The number of rotatable bonds is 6. The Hall–Kier alpha value is -0.200. The summed E-state index contributed by atoms with van der Waals surface area (Å²) >= 11 is 0.